The molecular weight excluding hydrogens is 530 g/mol. The second kappa shape index (κ2) is 15.1. The first-order valence-corrected chi connectivity index (χ1v) is 15.0. The summed E-state index contributed by atoms with van der Waals surface area (Å²) in [6, 6.07) is 10.2. The van der Waals surface area contributed by atoms with Crippen molar-refractivity contribution in [2.75, 3.05) is 5.32 Å². The van der Waals surface area contributed by atoms with Crippen molar-refractivity contribution in [2.45, 2.75) is 112 Å². The number of rotatable bonds is 12. The third-order valence-electron chi connectivity index (χ3n) is 7.05. The van der Waals surface area contributed by atoms with Crippen molar-refractivity contribution >= 4 is 23.6 Å². The highest BCUT2D eigenvalue weighted by atomic mass is 16.6. The van der Waals surface area contributed by atoms with Crippen molar-refractivity contribution in [3.8, 4) is 5.75 Å². The maximum atomic E-state index is 14.6. The van der Waals surface area contributed by atoms with Crippen molar-refractivity contribution in [1.29, 1.82) is 0 Å². The second-order valence-electron chi connectivity index (χ2n) is 13.1. The summed E-state index contributed by atoms with van der Waals surface area (Å²) in [5.74, 6) is -0.157. The Bertz CT molecular complexity index is 1220. The molecule has 3 N–H and O–H groups in total. The minimum Gasteiger partial charge on any atom is -0.508 e. The number of benzene rings is 2. The molecule has 0 radical (unpaired) electrons. The lowest BCUT2D eigenvalue weighted by atomic mass is 9.94. The molecule has 8 heteroatoms. The zero-order chi connectivity index (χ0) is 31.8. The van der Waals surface area contributed by atoms with Crippen LogP contribution in [-0.2, 0) is 14.3 Å². The Labute approximate surface area is 252 Å². The zero-order valence-electron chi connectivity index (χ0n) is 27.1. The highest BCUT2D eigenvalue weighted by Gasteiger charge is 2.39. The Kier molecular flexibility index (Phi) is 12.4. The molecule has 0 saturated carbocycles. The van der Waals surface area contributed by atoms with Gasteiger partial charge in [0.05, 0.1) is 0 Å². The van der Waals surface area contributed by atoms with Crippen molar-refractivity contribution < 1.29 is 24.2 Å². The lowest BCUT2D eigenvalue weighted by molar-refractivity contribution is -0.144. The van der Waals surface area contributed by atoms with Crippen LogP contribution in [0.15, 0.2) is 42.5 Å². The summed E-state index contributed by atoms with van der Waals surface area (Å²) in [4.78, 5) is 43.3. The van der Waals surface area contributed by atoms with Gasteiger partial charge in [0.15, 0.2) is 0 Å². The van der Waals surface area contributed by atoms with E-state index in [9.17, 15) is 19.5 Å². The maximum Gasteiger partial charge on any atom is 0.408 e. The Morgan fingerprint density at radius 1 is 0.905 bits per heavy atom. The molecular formula is C34H51N3O5. The number of hydrogen-bond acceptors (Lipinski definition) is 5. The van der Waals surface area contributed by atoms with Crippen molar-refractivity contribution in [2.24, 2.45) is 11.8 Å². The van der Waals surface area contributed by atoms with E-state index < -0.39 is 23.8 Å². The molecule has 0 bridgehead atoms. The molecule has 0 heterocycles. The number of aryl methyl sites for hydroxylation is 2. The zero-order valence-corrected chi connectivity index (χ0v) is 27.1. The van der Waals surface area contributed by atoms with Crippen LogP contribution in [0.3, 0.4) is 0 Å². The molecule has 232 valence electrons. The molecule has 3 atom stereocenters. The molecule has 2 aromatic carbocycles. The van der Waals surface area contributed by atoms with E-state index in [1.807, 2.05) is 52.0 Å². The van der Waals surface area contributed by atoms with Gasteiger partial charge in [0, 0.05) is 11.7 Å². The maximum absolute atomic E-state index is 14.6. The predicted molar refractivity (Wildman–Crippen MR) is 168 cm³/mol. The lowest BCUT2D eigenvalue weighted by Crippen LogP contribution is -2.55. The fourth-order valence-electron chi connectivity index (χ4n) is 4.84. The van der Waals surface area contributed by atoms with E-state index in [4.69, 9.17) is 4.74 Å². The van der Waals surface area contributed by atoms with Crippen LogP contribution in [0.5, 0.6) is 5.75 Å². The van der Waals surface area contributed by atoms with Gasteiger partial charge in [-0.2, -0.15) is 0 Å². The third kappa shape index (κ3) is 10.4. The van der Waals surface area contributed by atoms with E-state index >= 15 is 0 Å². The average Bonchev–Trinajstić information content (AvgIpc) is 2.86. The lowest BCUT2D eigenvalue weighted by Gasteiger charge is -2.39. The number of carbonyl (C=O) groups is 3. The van der Waals surface area contributed by atoms with Gasteiger partial charge in [-0.05, 0) is 108 Å². The number of nitrogens with one attached hydrogen (secondary N) is 2. The number of phenols is 1. The van der Waals surface area contributed by atoms with Gasteiger partial charge in [0.25, 0.3) is 5.91 Å². The number of para-hydroxylation sites is 1. The van der Waals surface area contributed by atoms with E-state index in [1.54, 1.807) is 50.8 Å². The Morgan fingerprint density at radius 2 is 1.55 bits per heavy atom. The molecule has 0 aliphatic heterocycles. The molecule has 42 heavy (non-hydrogen) atoms. The molecule has 0 saturated heterocycles. The van der Waals surface area contributed by atoms with Crippen LogP contribution in [0.25, 0.3) is 0 Å². The van der Waals surface area contributed by atoms with Gasteiger partial charge in [-0.3, -0.25) is 9.59 Å². The highest BCUT2D eigenvalue weighted by molar-refractivity contribution is 5.99. The van der Waals surface area contributed by atoms with E-state index in [2.05, 4.69) is 24.5 Å². The number of aromatic hydroxyl groups is 1. The number of phenolic OH excluding ortho intramolecular Hbond substituents is 1. The van der Waals surface area contributed by atoms with Crippen LogP contribution in [0, 0.1) is 25.7 Å². The largest absolute Gasteiger partial charge is 0.508 e. The van der Waals surface area contributed by atoms with E-state index in [0.717, 1.165) is 12.0 Å². The number of carbonyl (C=O) groups excluding carboxylic acids is 3. The van der Waals surface area contributed by atoms with Gasteiger partial charge < -0.3 is 25.4 Å². The van der Waals surface area contributed by atoms with E-state index in [-0.39, 0.29) is 29.5 Å². The molecule has 2 aromatic rings. The van der Waals surface area contributed by atoms with E-state index in [0.29, 0.717) is 35.6 Å². The van der Waals surface area contributed by atoms with Crippen LogP contribution in [0.2, 0.25) is 0 Å². The summed E-state index contributed by atoms with van der Waals surface area (Å²) in [6.07, 6.45) is 1.19. The number of ether oxygens (including phenoxy) is 1. The molecule has 3 unspecified atom stereocenters. The predicted octanol–water partition coefficient (Wildman–Crippen LogP) is 7.28. The fraction of sp³-hybridized carbons (Fsp3) is 0.559. The first-order valence-electron chi connectivity index (χ1n) is 15.0. The van der Waals surface area contributed by atoms with Crippen LogP contribution in [0.4, 0.5) is 10.5 Å². The molecule has 0 fully saturated rings. The molecule has 2 rings (SSSR count). The first kappa shape index (κ1) is 34.7. The fourth-order valence-corrected chi connectivity index (χ4v) is 4.84. The topological polar surface area (TPSA) is 108 Å². The van der Waals surface area contributed by atoms with Crippen molar-refractivity contribution in [1.82, 2.24) is 10.2 Å². The molecule has 3 amide bonds. The van der Waals surface area contributed by atoms with E-state index in [1.165, 1.54) is 0 Å². The summed E-state index contributed by atoms with van der Waals surface area (Å²) in [5, 5.41) is 16.1. The summed E-state index contributed by atoms with van der Waals surface area (Å²) in [5.41, 5.74) is 1.97. The average molecular weight is 582 g/mol. The van der Waals surface area contributed by atoms with Gasteiger partial charge in [-0.15, -0.1) is 0 Å². The van der Waals surface area contributed by atoms with Crippen molar-refractivity contribution in [3.05, 3.63) is 59.2 Å². The number of amides is 3. The van der Waals surface area contributed by atoms with Crippen LogP contribution in [0.1, 0.15) is 97.4 Å². The number of alkyl carbamates (subject to hydrolysis) is 1. The minimum atomic E-state index is -1.02. The third-order valence-corrected chi connectivity index (χ3v) is 7.05. The van der Waals surface area contributed by atoms with Gasteiger partial charge in [-0.1, -0.05) is 52.0 Å². The Morgan fingerprint density at radius 3 is 2.10 bits per heavy atom. The highest BCUT2D eigenvalue weighted by Crippen LogP contribution is 2.32. The number of anilines is 1. The van der Waals surface area contributed by atoms with Crippen LogP contribution < -0.4 is 10.6 Å². The first-order chi connectivity index (χ1) is 19.5. The molecule has 0 spiro atoms. The van der Waals surface area contributed by atoms with Gasteiger partial charge in [0.2, 0.25) is 5.91 Å². The summed E-state index contributed by atoms with van der Waals surface area (Å²) >= 11 is 0. The van der Waals surface area contributed by atoms with Gasteiger partial charge in [0.1, 0.15) is 23.4 Å². The summed E-state index contributed by atoms with van der Waals surface area (Å²) < 4.78 is 5.50. The standard InChI is InChI=1S/C34H51N3O5/c1-21(2)15-16-25(7)37(32(40)28(19-22(3)4)36-33(41)42-34(8,9)10)30(26-17-18-29(38)24(6)20-26)31(39)35-27-14-12-11-13-23(27)5/h11-14,17-18,20-22,25,28,30,38H,15-16,19H2,1-10H3,(H,35,39)(H,36,41). The van der Waals surface area contributed by atoms with Crippen LogP contribution in [-0.4, -0.2) is 45.6 Å². The summed E-state index contributed by atoms with van der Waals surface area (Å²) in [7, 11) is 0. The monoisotopic (exact) mass is 581 g/mol. The quantitative estimate of drug-likeness (QED) is 0.244. The second-order valence-corrected chi connectivity index (χ2v) is 13.1. The van der Waals surface area contributed by atoms with Gasteiger partial charge in [-0.25, -0.2) is 4.79 Å². The van der Waals surface area contributed by atoms with Gasteiger partial charge >= 0.3 is 6.09 Å². The Balaban J connectivity index is 2.68. The molecule has 0 aliphatic carbocycles. The minimum absolute atomic E-state index is 0.0804. The molecule has 0 aromatic heterocycles. The van der Waals surface area contributed by atoms with Crippen molar-refractivity contribution in [3.63, 3.8) is 0 Å². The SMILES string of the molecule is Cc1cc(C(C(=O)Nc2ccccc2C)N(C(=O)C(CC(C)C)NC(=O)OC(C)(C)C)C(C)CCC(C)C)ccc1O. The normalized spacial score (nSPS) is 13.8. The number of hydrogen-bond donors (Lipinski definition) is 3. The van der Waals surface area contributed by atoms with Crippen LogP contribution >= 0.6 is 0 Å². The number of nitrogens with zero attached hydrogens (tertiary/aromatic N) is 1. The summed E-state index contributed by atoms with van der Waals surface area (Å²) in [6.45, 7) is 19.1. The smallest absolute Gasteiger partial charge is 0.408 e. The molecule has 8 nitrogen and oxygen atoms in total. The Hall–Kier alpha value is -3.55. The molecule has 0 aliphatic rings.